The van der Waals surface area contributed by atoms with Crippen LogP contribution in [0, 0.1) is 5.82 Å². The number of hydrogen-bond donors (Lipinski definition) is 1. The molecule has 0 radical (unpaired) electrons. The molecule has 6 heteroatoms. The van der Waals surface area contributed by atoms with Crippen molar-refractivity contribution in [2.45, 2.75) is 12.6 Å². The minimum atomic E-state index is -0.260. The molecule has 5 nitrogen and oxygen atoms in total. The van der Waals surface area contributed by atoms with E-state index in [0.29, 0.717) is 13.1 Å². The number of halogens is 1. The molecule has 0 aliphatic rings. The lowest BCUT2D eigenvalue weighted by molar-refractivity contribution is 0.106. The monoisotopic (exact) mass is 359 g/mol. The van der Waals surface area contributed by atoms with Crippen molar-refractivity contribution in [3.8, 4) is 5.75 Å². The number of methoxy groups -OCH3 is 2. The van der Waals surface area contributed by atoms with E-state index in [2.05, 4.69) is 10.3 Å². The summed E-state index contributed by atoms with van der Waals surface area (Å²) in [6, 6.07) is 14.2. The predicted octanol–water partition coefficient (Wildman–Crippen LogP) is 3.23. The zero-order valence-corrected chi connectivity index (χ0v) is 15.7. The van der Waals surface area contributed by atoms with Crippen molar-refractivity contribution in [1.29, 1.82) is 0 Å². The van der Waals surface area contributed by atoms with Crippen LogP contribution in [0.1, 0.15) is 17.2 Å². The lowest BCUT2D eigenvalue weighted by atomic mass is 10.1. The average Bonchev–Trinajstić information content (AvgIpc) is 2.66. The van der Waals surface area contributed by atoms with Gasteiger partial charge in [0, 0.05) is 39.9 Å². The van der Waals surface area contributed by atoms with Crippen LogP contribution in [-0.4, -0.2) is 45.7 Å². The van der Waals surface area contributed by atoms with Gasteiger partial charge in [-0.25, -0.2) is 4.39 Å². The van der Waals surface area contributed by atoms with Crippen molar-refractivity contribution in [3.63, 3.8) is 0 Å². The Morgan fingerprint density at radius 2 is 1.85 bits per heavy atom. The van der Waals surface area contributed by atoms with Crippen LogP contribution in [-0.2, 0) is 11.3 Å². The second-order valence-corrected chi connectivity index (χ2v) is 5.87. The van der Waals surface area contributed by atoms with E-state index in [0.717, 1.165) is 22.8 Å². The van der Waals surface area contributed by atoms with E-state index >= 15 is 0 Å². The zero-order valence-electron chi connectivity index (χ0n) is 15.7. The van der Waals surface area contributed by atoms with Gasteiger partial charge in [-0.15, -0.1) is 0 Å². The minimum absolute atomic E-state index is 0.202. The van der Waals surface area contributed by atoms with Crippen molar-refractivity contribution < 1.29 is 13.9 Å². The number of para-hydroxylation sites is 1. The Morgan fingerprint density at radius 1 is 1.15 bits per heavy atom. The number of nitrogens with zero attached hydrogens (tertiary/aromatic N) is 2. The normalized spacial score (nSPS) is 12.6. The van der Waals surface area contributed by atoms with Crippen LogP contribution in [0.3, 0.4) is 0 Å². The predicted molar refractivity (Wildman–Crippen MR) is 102 cm³/mol. The molecule has 0 fully saturated rings. The highest BCUT2D eigenvalue weighted by Crippen LogP contribution is 2.19. The van der Waals surface area contributed by atoms with Gasteiger partial charge in [-0.3, -0.25) is 4.99 Å². The van der Waals surface area contributed by atoms with E-state index in [1.165, 1.54) is 12.1 Å². The number of hydrogen-bond acceptors (Lipinski definition) is 3. The molecular formula is C20H26FN3O2. The van der Waals surface area contributed by atoms with E-state index in [4.69, 9.17) is 9.47 Å². The van der Waals surface area contributed by atoms with Crippen LogP contribution in [0.4, 0.5) is 4.39 Å². The van der Waals surface area contributed by atoms with Gasteiger partial charge in [-0.1, -0.05) is 30.3 Å². The van der Waals surface area contributed by atoms with E-state index in [9.17, 15) is 4.39 Å². The summed E-state index contributed by atoms with van der Waals surface area (Å²) in [7, 11) is 7.00. The van der Waals surface area contributed by atoms with Gasteiger partial charge >= 0.3 is 0 Å². The van der Waals surface area contributed by atoms with Gasteiger partial charge in [0.25, 0.3) is 0 Å². The molecule has 0 heterocycles. The Morgan fingerprint density at radius 3 is 2.46 bits per heavy atom. The molecule has 0 saturated carbocycles. The van der Waals surface area contributed by atoms with E-state index in [1.54, 1.807) is 33.4 Å². The topological polar surface area (TPSA) is 46.1 Å². The Bertz CT molecular complexity index is 719. The third kappa shape index (κ3) is 5.20. The molecule has 1 unspecified atom stereocenters. The number of guanidine groups is 1. The first kappa shape index (κ1) is 19.7. The Kier molecular flexibility index (Phi) is 7.41. The third-order valence-electron chi connectivity index (χ3n) is 4.15. The second kappa shape index (κ2) is 9.77. The number of nitrogens with one attached hydrogen (secondary N) is 1. The van der Waals surface area contributed by atoms with E-state index in [-0.39, 0.29) is 11.9 Å². The van der Waals surface area contributed by atoms with Crippen LogP contribution < -0.4 is 10.1 Å². The molecule has 0 saturated heterocycles. The lowest BCUT2D eigenvalue weighted by Crippen LogP contribution is -2.40. The fourth-order valence-electron chi connectivity index (χ4n) is 2.75. The molecule has 0 aliphatic heterocycles. The van der Waals surface area contributed by atoms with Crippen molar-refractivity contribution in [2.75, 3.05) is 34.9 Å². The zero-order chi connectivity index (χ0) is 18.9. The molecule has 1 N–H and O–H groups in total. The first-order chi connectivity index (χ1) is 12.6. The van der Waals surface area contributed by atoms with E-state index in [1.807, 2.05) is 36.2 Å². The van der Waals surface area contributed by atoms with E-state index < -0.39 is 0 Å². The van der Waals surface area contributed by atoms with Crippen LogP contribution >= 0.6 is 0 Å². The van der Waals surface area contributed by atoms with Crippen molar-refractivity contribution in [2.24, 2.45) is 4.99 Å². The van der Waals surface area contributed by atoms with Gasteiger partial charge in [0.05, 0.1) is 13.2 Å². The molecule has 2 aromatic carbocycles. The quantitative estimate of drug-likeness (QED) is 0.609. The van der Waals surface area contributed by atoms with Gasteiger partial charge in [0.2, 0.25) is 0 Å². The standard InChI is InChI=1S/C20H26FN3O2/c1-22-20(24(2)14-16-7-5-6-8-18(16)25-3)23-13-19(26-4)15-9-11-17(21)12-10-15/h5-12,19H,13-14H2,1-4H3,(H,22,23). The molecule has 0 bridgehead atoms. The minimum Gasteiger partial charge on any atom is -0.496 e. The van der Waals surface area contributed by atoms with Gasteiger partial charge < -0.3 is 19.7 Å². The first-order valence-electron chi connectivity index (χ1n) is 8.41. The summed E-state index contributed by atoms with van der Waals surface area (Å²) >= 11 is 0. The smallest absolute Gasteiger partial charge is 0.193 e. The summed E-state index contributed by atoms with van der Waals surface area (Å²) in [6.07, 6.45) is -0.202. The molecule has 2 rings (SSSR count). The molecule has 26 heavy (non-hydrogen) atoms. The van der Waals surface area contributed by atoms with Gasteiger partial charge in [-0.2, -0.15) is 0 Å². The van der Waals surface area contributed by atoms with Crippen LogP contribution in [0.2, 0.25) is 0 Å². The Hall–Kier alpha value is -2.60. The maximum atomic E-state index is 13.1. The molecule has 1 atom stereocenters. The molecule has 140 valence electrons. The van der Waals surface area contributed by atoms with Crippen LogP contribution in [0.15, 0.2) is 53.5 Å². The summed E-state index contributed by atoms with van der Waals surface area (Å²) in [6.45, 7) is 1.17. The van der Waals surface area contributed by atoms with Gasteiger partial charge in [-0.05, 0) is 23.8 Å². The maximum absolute atomic E-state index is 13.1. The Labute approximate surface area is 154 Å². The first-order valence-corrected chi connectivity index (χ1v) is 8.41. The second-order valence-electron chi connectivity index (χ2n) is 5.87. The highest BCUT2D eigenvalue weighted by atomic mass is 19.1. The van der Waals surface area contributed by atoms with Crippen LogP contribution in [0.25, 0.3) is 0 Å². The average molecular weight is 359 g/mol. The molecule has 0 amide bonds. The summed E-state index contributed by atoms with van der Waals surface area (Å²) < 4.78 is 24.0. The molecule has 0 aliphatic carbocycles. The Balaban J connectivity index is 2.00. The SMILES string of the molecule is CN=C(NCC(OC)c1ccc(F)cc1)N(C)Cc1ccccc1OC. The van der Waals surface area contributed by atoms with Crippen molar-refractivity contribution >= 4 is 5.96 Å². The molecule has 0 spiro atoms. The largest absolute Gasteiger partial charge is 0.496 e. The van der Waals surface area contributed by atoms with Gasteiger partial charge in [0.15, 0.2) is 5.96 Å². The van der Waals surface area contributed by atoms with Crippen molar-refractivity contribution in [3.05, 3.63) is 65.5 Å². The summed E-state index contributed by atoms with van der Waals surface area (Å²) in [4.78, 5) is 6.34. The molecule has 2 aromatic rings. The fourth-order valence-corrected chi connectivity index (χ4v) is 2.75. The van der Waals surface area contributed by atoms with Gasteiger partial charge in [0.1, 0.15) is 11.6 Å². The van der Waals surface area contributed by atoms with Crippen molar-refractivity contribution in [1.82, 2.24) is 10.2 Å². The molecule has 0 aromatic heterocycles. The number of ether oxygens (including phenoxy) is 2. The number of rotatable bonds is 7. The highest BCUT2D eigenvalue weighted by molar-refractivity contribution is 5.79. The summed E-state index contributed by atoms with van der Waals surface area (Å²) in [5, 5.41) is 3.31. The summed E-state index contributed by atoms with van der Waals surface area (Å²) in [5.74, 6) is 1.32. The number of aliphatic imine (C=N–C) groups is 1. The third-order valence-corrected chi connectivity index (χ3v) is 4.15. The summed E-state index contributed by atoms with van der Waals surface area (Å²) in [5.41, 5.74) is 1.98. The van der Waals surface area contributed by atoms with Crippen LogP contribution in [0.5, 0.6) is 5.75 Å². The highest BCUT2D eigenvalue weighted by Gasteiger charge is 2.14. The maximum Gasteiger partial charge on any atom is 0.193 e. The number of benzene rings is 2. The fraction of sp³-hybridized carbons (Fsp3) is 0.350. The lowest BCUT2D eigenvalue weighted by Gasteiger charge is -2.25. The molecular weight excluding hydrogens is 333 g/mol.